The minimum absolute atomic E-state index is 0.219. The first-order chi connectivity index (χ1) is 11.9. The maximum absolute atomic E-state index is 11.3. The Kier molecular flexibility index (Phi) is 4.86. The van der Waals surface area contributed by atoms with Crippen LogP contribution in [-0.4, -0.2) is 16.0 Å². The predicted molar refractivity (Wildman–Crippen MR) is 102 cm³/mol. The summed E-state index contributed by atoms with van der Waals surface area (Å²) in [5, 5.41) is 10.8. The number of aryl methyl sites for hydroxylation is 3. The summed E-state index contributed by atoms with van der Waals surface area (Å²) in [6, 6.07) is 13.3. The normalized spacial score (nSPS) is 10.8. The molecule has 2 aromatic carbocycles. The molecule has 0 bridgehead atoms. The second-order valence-electron chi connectivity index (χ2n) is 6.04. The molecule has 0 atom stereocenters. The van der Waals surface area contributed by atoms with Gasteiger partial charge in [0.2, 0.25) is 5.91 Å². The van der Waals surface area contributed by atoms with Crippen LogP contribution in [0.5, 0.6) is 5.75 Å². The lowest BCUT2D eigenvalue weighted by Gasteiger charge is -2.12. The van der Waals surface area contributed by atoms with E-state index in [9.17, 15) is 9.90 Å². The van der Waals surface area contributed by atoms with E-state index < -0.39 is 0 Å². The molecule has 0 saturated heterocycles. The van der Waals surface area contributed by atoms with Crippen molar-refractivity contribution in [1.82, 2.24) is 4.98 Å². The van der Waals surface area contributed by atoms with Gasteiger partial charge in [0.05, 0.1) is 15.6 Å². The second-order valence-corrected chi connectivity index (χ2v) is 7.24. The summed E-state index contributed by atoms with van der Waals surface area (Å²) in [5.74, 6) is -0.103. The summed E-state index contributed by atoms with van der Waals surface area (Å²) >= 11 is 1.66. The fraction of sp³-hybridized carbons (Fsp3) is 0.200. The number of phenols is 1. The van der Waals surface area contributed by atoms with E-state index in [4.69, 9.17) is 5.73 Å². The highest BCUT2D eigenvalue weighted by molar-refractivity contribution is 7.15. The maximum atomic E-state index is 11.3. The number of carbonyl (C=O) groups is 1. The Morgan fingerprint density at radius 3 is 2.60 bits per heavy atom. The second kappa shape index (κ2) is 7.07. The smallest absolute Gasteiger partial charge is 0.217 e. The van der Waals surface area contributed by atoms with Crippen molar-refractivity contribution in [2.45, 2.75) is 26.7 Å². The lowest BCUT2D eigenvalue weighted by atomic mass is 9.94. The third-order valence-corrected chi connectivity index (χ3v) is 5.19. The van der Waals surface area contributed by atoms with Crippen molar-refractivity contribution in [3.05, 3.63) is 58.7 Å². The predicted octanol–water partition coefficient (Wildman–Crippen LogP) is 4.22. The van der Waals surface area contributed by atoms with Crippen LogP contribution in [-0.2, 0) is 11.2 Å². The van der Waals surface area contributed by atoms with E-state index in [-0.39, 0.29) is 18.1 Å². The minimum Gasteiger partial charge on any atom is -0.508 e. The van der Waals surface area contributed by atoms with Gasteiger partial charge in [-0.3, -0.25) is 4.79 Å². The van der Waals surface area contributed by atoms with Crippen LogP contribution in [0.15, 0.2) is 42.5 Å². The van der Waals surface area contributed by atoms with Crippen molar-refractivity contribution in [3.63, 3.8) is 0 Å². The number of thiazole rings is 1. The molecule has 0 spiro atoms. The standard InChI is InChI=1S/C20H20N2O2S/c1-12-20(25-13(2)22-12)16-6-8-18(14-4-3-5-17(23)11-14)15(10-16)7-9-19(21)24/h3-6,8,10-11,23H,7,9H2,1-2H3,(H2,21,24). The van der Waals surface area contributed by atoms with Gasteiger partial charge in [0.1, 0.15) is 5.75 Å². The Morgan fingerprint density at radius 1 is 1.16 bits per heavy atom. The Hall–Kier alpha value is -2.66. The zero-order valence-electron chi connectivity index (χ0n) is 14.2. The van der Waals surface area contributed by atoms with E-state index in [1.165, 1.54) is 0 Å². The molecule has 25 heavy (non-hydrogen) atoms. The van der Waals surface area contributed by atoms with Crippen LogP contribution in [0.2, 0.25) is 0 Å². The van der Waals surface area contributed by atoms with E-state index in [0.717, 1.165) is 37.8 Å². The number of rotatable bonds is 5. The maximum Gasteiger partial charge on any atom is 0.217 e. The summed E-state index contributed by atoms with van der Waals surface area (Å²) in [6.07, 6.45) is 0.848. The molecule has 3 rings (SSSR count). The van der Waals surface area contributed by atoms with Crippen LogP contribution >= 0.6 is 11.3 Å². The molecule has 0 fully saturated rings. The summed E-state index contributed by atoms with van der Waals surface area (Å²) in [4.78, 5) is 16.9. The summed E-state index contributed by atoms with van der Waals surface area (Å²) < 4.78 is 0. The van der Waals surface area contributed by atoms with Crippen molar-refractivity contribution >= 4 is 17.2 Å². The highest BCUT2D eigenvalue weighted by Crippen LogP contribution is 2.35. The van der Waals surface area contributed by atoms with Gasteiger partial charge >= 0.3 is 0 Å². The number of phenolic OH excluding ortho intramolecular Hbond substituents is 1. The largest absolute Gasteiger partial charge is 0.508 e. The molecular weight excluding hydrogens is 332 g/mol. The van der Waals surface area contributed by atoms with Crippen molar-refractivity contribution in [2.75, 3.05) is 0 Å². The van der Waals surface area contributed by atoms with Crippen molar-refractivity contribution in [3.8, 4) is 27.3 Å². The van der Waals surface area contributed by atoms with E-state index in [1.807, 2.05) is 32.0 Å². The zero-order valence-corrected chi connectivity index (χ0v) is 15.1. The number of amides is 1. The zero-order chi connectivity index (χ0) is 18.0. The number of aromatic nitrogens is 1. The number of hydrogen-bond donors (Lipinski definition) is 2. The highest BCUT2D eigenvalue weighted by atomic mass is 32.1. The summed E-state index contributed by atoms with van der Waals surface area (Å²) in [7, 11) is 0. The monoisotopic (exact) mass is 352 g/mol. The molecule has 1 amide bonds. The van der Waals surface area contributed by atoms with Crippen LogP contribution in [0, 0.1) is 13.8 Å². The average molecular weight is 352 g/mol. The van der Waals surface area contributed by atoms with Gasteiger partial charge in [-0.2, -0.15) is 0 Å². The number of benzene rings is 2. The van der Waals surface area contributed by atoms with Gasteiger partial charge in [-0.1, -0.05) is 24.3 Å². The van der Waals surface area contributed by atoms with Crippen LogP contribution in [0.4, 0.5) is 0 Å². The van der Waals surface area contributed by atoms with Gasteiger partial charge in [0.15, 0.2) is 0 Å². The topological polar surface area (TPSA) is 76.2 Å². The molecule has 5 heteroatoms. The van der Waals surface area contributed by atoms with Crippen LogP contribution < -0.4 is 5.73 Å². The number of hydrogen-bond acceptors (Lipinski definition) is 4. The van der Waals surface area contributed by atoms with Gasteiger partial charge in [0, 0.05) is 6.42 Å². The molecule has 0 unspecified atom stereocenters. The third-order valence-electron chi connectivity index (χ3n) is 4.07. The molecular formula is C20H20N2O2S. The van der Waals surface area contributed by atoms with Gasteiger partial charge in [0.25, 0.3) is 0 Å². The lowest BCUT2D eigenvalue weighted by Crippen LogP contribution is -2.11. The first-order valence-corrected chi connectivity index (χ1v) is 8.90. The van der Waals surface area contributed by atoms with E-state index >= 15 is 0 Å². The first-order valence-electron chi connectivity index (χ1n) is 8.09. The molecule has 128 valence electrons. The van der Waals surface area contributed by atoms with Crippen LogP contribution in [0.1, 0.15) is 22.7 Å². The molecule has 0 saturated carbocycles. The van der Waals surface area contributed by atoms with Gasteiger partial charge in [-0.25, -0.2) is 4.98 Å². The fourth-order valence-corrected chi connectivity index (χ4v) is 3.87. The number of nitrogens with zero attached hydrogens (tertiary/aromatic N) is 1. The number of primary amides is 1. The Balaban J connectivity index is 2.09. The summed E-state index contributed by atoms with van der Waals surface area (Å²) in [5.41, 5.74) is 10.4. The van der Waals surface area contributed by atoms with Crippen LogP contribution in [0.3, 0.4) is 0 Å². The van der Waals surface area contributed by atoms with Crippen molar-refractivity contribution < 1.29 is 9.90 Å². The average Bonchev–Trinajstić information content (AvgIpc) is 2.91. The van der Waals surface area contributed by atoms with Gasteiger partial charge in [-0.15, -0.1) is 11.3 Å². The quantitative estimate of drug-likeness (QED) is 0.722. The Labute approximate surface area is 151 Å². The van der Waals surface area contributed by atoms with E-state index in [1.54, 1.807) is 23.5 Å². The number of aromatic hydroxyl groups is 1. The Morgan fingerprint density at radius 2 is 1.96 bits per heavy atom. The third kappa shape index (κ3) is 3.88. The molecule has 0 aliphatic carbocycles. The summed E-state index contributed by atoms with van der Waals surface area (Å²) in [6.45, 7) is 4.00. The van der Waals surface area contributed by atoms with E-state index in [2.05, 4.69) is 17.1 Å². The van der Waals surface area contributed by atoms with Crippen molar-refractivity contribution in [1.29, 1.82) is 0 Å². The number of carbonyl (C=O) groups excluding carboxylic acids is 1. The molecule has 4 nitrogen and oxygen atoms in total. The Bertz CT molecular complexity index is 931. The molecule has 3 aromatic rings. The van der Waals surface area contributed by atoms with E-state index in [0.29, 0.717) is 6.42 Å². The SMILES string of the molecule is Cc1nc(C)c(-c2ccc(-c3cccc(O)c3)c(CCC(N)=O)c2)s1. The molecule has 0 aliphatic heterocycles. The van der Waals surface area contributed by atoms with Crippen molar-refractivity contribution in [2.24, 2.45) is 5.73 Å². The van der Waals surface area contributed by atoms with Gasteiger partial charge in [-0.05, 0) is 60.7 Å². The van der Waals surface area contributed by atoms with Gasteiger partial charge < -0.3 is 10.8 Å². The molecule has 1 aromatic heterocycles. The number of nitrogens with two attached hydrogens (primary N) is 1. The molecule has 0 aliphatic rings. The fourth-order valence-electron chi connectivity index (χ4n) is 2.95. The molecule has 1 heterocycles. The minimum atomic E-state index is -0.322. The first kappa shape index (κ1) is 17.2. The molecule has 3 N–H and O–H groups in total. The molecule has 0 radical (unpaired) electrons. The highest BCUT2D eigenvalue weighted by Gasteiger charge is 2.13. The lowest BCUT2D eigenvalue weighted by molar-refractivity contribution is -0.117. The van der Waals surface area contributed by atoms with Crippen LogP contribution in [0.25, 0.3) is 21.6 Å².